The van der Waals surface area contributed by atoms with Crippen LogP contribution in [0.2, 0.25) is 14.8 Å². The third-order valence-electron chi connectivity index (χ3n) is 2.48. The zero-order valence-electron chi connectivity index (χ0n) is 9.62. The Morgan fingerprint density at radius 3 is 2.07 bits per heavy atom. The summed E-state index contributed by atoms with van der Waals surface area (Å²) in [5, 5.41) is 0. The van der Waals surface area contributed by atoms with Gasteiger partial charge in [0.2, 0.25) is 0 Å². The van der Waals surface area contributed by atoms with Gasteiger partial charge in [-0.2, -0.15) is 0 Å². The van der Waals surface area contributed by atoms with Crippen LogP contribution in [0.4, 0.5) is 0 Å². The van der Waals surface area contributed by atoms with Gasteiger partial charge in [0.25, 0.3) is 0 Å². The van der Waals surface area contributed by atoms with E-state index in [0.717, 1.165) is 3.93 Å². The predicted octanol–water partition coefficient (Wildman–Crippen LogP) is 4.22. The Morgan fingerprint density at radius 1 is 1.07 bits per heavy atom. The molecule has 0 aliphatic rings. The fraction of sp³-hybridized carbons (Fsp3) is 0.385. The molecular weight excluding hydrogens is 275 g/mol. The van der Waals surface area contributed by atoms with E-state index in [4.69, 9.17) is 0 Å². The molecule has 14 heavy (non-hydrogen) atoms. The fourth-order valence-electron chi connectivity index (χ4n) is 1.75. The molecule has 0 bridgehead atoms. The molecule has 1 heteroatoms. The third kappa shape index (κ3) is 3.16. The summed E-state index contributed by atoms with van der Waals surface area (Å²) in [5.41, 5.74) is 1.49. The average Bonchev–Trinajstić information content (AvgIpc) is 2.14. The third-order valence-corrected chi connectivity index (χ3v) is 9.30. The minimum atomic E-state index is -1.86. The summed E-state index contributed by atoms with van der Waals surface area (Å²) in [6.45, 7) is 2.12. The van der Waals surface area contributed by atoms with Gasteiger partial charge in [-0.1, -0.05) is 0 Å². The summed E-state index contributed by atoms with van der Waals surface area (Å²) < 4.78 is 0.718. The van der Waals surface area contributed by atoms with Crippen LogP contribution >= 0.6 is 0 Å². The van der Waals surface area contributed by atoms with Gasteiger partial charge < -0.3 is 0 Å². The molecule has 0 spiro atoms. The van der Waals surface area contributed by atoms with E-state index in [1.807, 2.05) is 0 Å². The first-order chi connectivity index (χ1) is 6.55. The van der Waals surface area contributed by atoms with Gasteiger partial charge >= 0.3 is 92.1 Å². The van der Waals surface area contributed by atoms with Crippen LogP contribution in [-0.2, 0) is 0 Å². The molecule has 1 aromatic carbocycles. The van der Waals surface area contributed by atoms with Crippen LogP contribution in [0.25, 0.3) is 0 Å². The Bertz CT molecular complexity index is 293. The van der Waals surface area contributed by atoms with E-state index in [-0.39, 0.29) is 0 Å². The molecule has 0 aliphatic heterocycles. The zero-order chi connectivity index (χ0) is 10.6. The standard InChI is InChI=1S/C10H11.3CH3.Sn/c1-2-3-7-10-8-5-4-6-9-10;;;;/h2-9H,1H3;3*1H3;/b3-2+;;;;. The maximum absolute atomic E-state index is 2.49. The van der Waals surface area contributed by atoms with E-state index in [9.17, 15) is 0 Å². The number of hydrogen-bond donors (Lipinski definition) is 0. The Kier molecular flexibility index (Phi) is 4.24. The molecule has 0 aliphatic carbocycles. The van der Waals surface area contributed by atoms with E-state index < -0.39 is 18.4 Å². The molecular formula is C13H20Sn. The van der Waals surface area contributed by atoms with Gasteiger partial charge in [0.15, 0.2) is 0 Å². The van der Waals surface area contributed by atoms with Gasteiger partial charge in [0, 0.05) is 0 Å². The molecule has 76 valence electrons. The number of rotatable bonds is 3. The Balaban J connectivity index is 3.01. The maximum atomic E-state index is 2.49. The topological polar surface area (TPSA) is 0 Å². The molecule has 1 aromatic rings. The van der Waals surface area contributed by atoms with Gasteiger partial charge in [-0.05, 0) is 0 Å². The molecule has 1 rings (SSSR count). The number of benzene rings is 1. The Hall–Kier alpha value is -0.241. The summed E-state index contributed by atoms with van der Waals surface area (Å²) in [6, 6.07) is 10.9. The van der Waals surface area contributed by atoms with Crippen molar-refractivity contribution in [2.75, 3.05) is 0 Å². The van der Waals surface area contributed by atoms with E-state index in [1.54, 1.807) is 0 Å². The minimum absolute atomic E-state index is 0.718. The van der Waals surface area contributed by atoms with Crippen molar-refractivity contribution >= 4 is 18.4 Å². The predicted molar refractivity (Wildman–Crippen MR) is 67.3 cm³/mol. The second-order valence-electron chi connectivity index (χ2n) is 4.78. The summed E-state index contributed by atoms with van der Waals surface area (Å²) in [7, 11) is 0. The summed E-state index contributed by atoms with van der Waals surface area (Å²) in [5.74, 6) is 0. The van der Waals surface area contributed by atoms with Crippen molar-refractivity contribution in [1.29, 1.82) is 0 Å². The molecule has 0 radical (unpaired) electrons. The van der Waals surface area contributed by atoms with Crippen molar-refractivity contribution in [1.82, 2.24) is 0 Å². The van der Waals surface area contributed by atoms with Crippen molar-refractivity contribution in [3.05, 3.63) is 48.0 Å². The molecule has 0 amide bonds. The molecule has 1 unspecified atom stereocenters. The molecule has 1 atom stereocenters. The van der Waals surface area contributed by atoms with Gasteiger partial charge in [0.1, 0.15) is 0 Å². The van der Waals surface area contributed by atoms with Crippen LogP contribution in [0.5, 0.6) is 0 Å². The quantitative estimate of drug-likeness (QED) is 0.578. The first-order valence-corrected chi connectivity index (χ1v) is 15.4. The molecule has 0 aromatic heterocycles. The van der Waals surface area contributed by atoms with Gasteiger partial charge in [-0.15, -0.1) is 0 Å². The SMILES string of the molecule is C/C=C/[CH](c1ccccc1)[Sn]([CH3])([CH3])[CH3]. The number of hydrogen-bond acceptors (Lipinski definition) is 0. The first-order valence-electron chi connectivity index (χ1n) is 5.23. The molecule has 0 saturated heterocycles. The zero-order valence-corrected chi connectivity index (χ0v) is 12.5. The molecule has 0 fully saturated rings. The molecule has 0 nitrogen and oxygen atoms in total. The molecule has 0 saturated carbocycles. The average molecular weight is 295 g/mol. The van der Waals surface area contributed by atoms with Gasteiger partial charge in [-0.3, -0.25) is 0 Å². The van der Waals surface area contributed by atoms with E-state index in [1.165, 1.54) is 5.56 Å². The van der Waals surface area contributed by atoms with Gasteiger partial charge in [0.05, 0.1) is 0 Å². The molecule has 0 N–H and O–H groups in total. The van der Waals surface area contributed by atoms with Crippen molar-refractivity contribution < 1.29 is 0 Å². The van der Waals surface area contributed by atoms with Crippen LogP contribution < -0.4 is 0 Å². The second kappa shape index (κ2) is 5.01. The van der Waals surface area contributed by atoms with Crippen LogP contribution in [0, 0.1) is 0 Å². The van der Waals surface area contributed by atoms with Gasteiger partial charge in [-0.25, -0.2) is 0 Å². The van der Waals surface area contributed by atoms with Crippen molar-refractivity contribution in [2.45, 2.75) is 25.7 Å². The summed E-state index contributed by atoms with van der Waals surface area (Å²) >= 11 is -1.86. The summed E-state index contributed by atoms with van der Waals surface area (Å²) in [6.07, 6.45) is 4.57. The first kappa shape index (κ1) is 11.8. The van der Waals surface area contributed by atoms with Crippen molar-refractivity contribution in [2.24, 2.45) is 0 Å². The van der Waals surface area contributed by atoms with Crippen LogP contribution in [-0.4, -0.2) is 18.4 Å². The van der Waals surface area contributed by atoms with Crippen LogP contribution in [0.3, 0.4) is 0 Å². The normalized spacial score (nSPS) is 14.6. The fourth-order valence-corrected chi connectivity index (χ4v) is 7.35. The second-order valence-corrected chi connectivity index (χ2v) is 20.1. The monoisotopic (exact) mass is 296 g/mol. The van der Waals surface area contributed by atoms with Crippen LogP contribution in [0.1, 0.15) is 16.4 Å². The Labute approximate surface area is 91.9 Å². The van der Waals surface area contributed by atoms with Crippen molar-refractivity contribution in [3.63, 3.8) is 0 Å². The summed E-state index contributed by atoms with van der Waals surface area (Å²) in [4.78, 5) is 7.48. The molecule has 0 heterocycles. The number of allylic oxidation sites excluding steroid dienone is 2. The van der Waals surface area contributed by atoms with E-state index in [2.05, 4.69) is 64.2 Å². The Morgan fingerprint density at radius 2 is 1.64 bits per heavy atom. The van der Waals surface area contributed by atoms with E-state index in [0.29, 0.717) is 0 Å². The van der Waals surface area contributed by atoms with Crippen LogP contribution in [0.15, 0.2) is 42.5 Å². The van der Waals surface area contributed by atoms with E-state index >= 15 is 0 Å². The van der Waals surface area contributed by atoms with Crippen molar-refractivity contribution in [3.8, 4) is 0 Å².